The van der Waals surface area contributed by atoms with E-state index in [4.69, 9.17) is 0 Å². The topological polar surface area (TPSA) is 91.3 Å². The van der Waals surface area contributed by atoms with Crippen LogP contribution in [0.1, 0.15) is 49.8 Å². The number of fused-ring (bicyclic) bond motifs is 1. The lowest BCUT2D eigenvalue weighted by atomic mass is 9.93. The van der Waals surface area contributed by atoms with Gasteiger partial charge in [-0.3, -0.25) is 14.6 Å². The van der Waals surface area contributed by atoms with E-state index in [1.807, 2.05) is 46.2 Å². The fraction of sp³-hybridized carbons (Fsp3) is 0.458. The van der Waals surface area contributed by atoms with Gasteiger partial charge in [0.15, 0.2) is 5.69 Å². The molecule has 1 aliphatic rings. The van der Waals surface area contributed by atoms with Gasteiger partial charge in [-0.05, 0) is 30.0 Å². The number of carbonyl (C=O) groups is 2. The van der Waals surface area contributed by atoms with Crippen molar-refractivity contribution in [1.82, 2.24) is 24.8 Å². The average molecular weight is 485 g/mol. The van der Waals surface area contributed by atoms with Gasteiger partial charge in [0.05, 0.1) is 22.5 Å². The Morgan fingerprint density at radius 2 is 2.03 bits per heavy atom. The molecule has 0 saturated carbocycles. The second kappa shape index (κ2) is 9.25. The Balaban J connectivity index is 1.46. The molecule has 34 heavy (non-hydrogen) atoms. The molecule has 3 aromatic rings. The number of amides is 2. The molecule has 0 aromatic carbocycles. The summed E-state index contributed by atoms with van der Waals surface area (Å²) in [5.41, 5.74) is 1.26. The van der Waals surface area contributed by atoms with Gasteiger partial charge in [-0.1, -0.05) is 20.8 Å². The van der Waals surface area contributed by atoms with Crippen LogP contribution in [-0.2, 0) is 4.79 Å². The van der Waals surface area contributed by atoms with Crippen LogP contribution in [0.2, 0.25) is 0 Å². The normalized spacial score (nSPS) is 15.2. The highest BCUT2D eigenvalue weighted by atomic mass is 32.1. The highest BCUT2D eigenvalue weighted by molar-refractivity contribution is 7.17. The van der Waals surface area contributed by atoms with E-state index < -0.39 is 11.2 Å². The number of anilines is 1. The first-order chi connectivity index (χ1) is 16.0. The molecule has 0 spiro atoms. The standard InChI is InChI=1S/C24H29FN6O2S/c1-14(16-8-17(25)10-26-9-16)27-23-28-18-6-7-34-20(18)19(29-23)21(32)31-12-15(13-31)11-30(5)22(33)24(2,3)4/h6-10,14-15H,11-13H2,1-5H3,(H,27,28,29). The summed E-state index contributed by atoms with van der Waals surface area (Å²) in [6, 6.07) is 2.96. The number of likely N-dealkylation sites (tertiary alicyclic amines) is 1. The van der Waals surface area contributed by atoms with Gasteiger partial charge in [-0.25, -0.2) is 14.4 Å². The number of aromatic nitrogens is 3. The third kappa shape index (κ3) is 5.01. The maximum absolute atomic E-state index is 13.6. The van der Waals surface area contributed by atoms with Crippen molar-refractivity contribution in [2.24, 2.45) is 11.3 Å². The maximum Gasteiger partial charge on any atom is 0.274 e. The SMILES string of the molecule is CC(Nc1nc(C(=O)N2CC(CN(C)C(=O)C(C)(C)C)C2)c2sccc2n1)c1cncc(F)c1. The molecule has 0 aliphatic carbocycles. The lowest BCUT2D eigenvalue weighted by Gasteiger charge is -2.41. The van der Waals surface area contributed by atoms with E-state index >= 15 is 0 Å². The van der Waals surface area contributed by atoms with E-state index in [9.17, 15) is 14.0 Å². The van der Waals surface area contributed by atoms with E-state index in [0.29, 0.717) is 42.4 Å². The number of nitrogens with one attached hydrogen (secondary N) is 1. The van der Waals surface area contributed by atoms with E-state index in [0.717, 1.165) is 10.9 Å². The molecule has 8 nitrogen and oxygen atoms in total. The van der Waals surface area contributed by atoms with Crippen LogP contribution in [0.15, 0.2) is 29.9 Å². The first-order valence-corrected chi connectivity index (χ1v) is 12.1. The summed E-state index contributed by atoms with van der Waals surface area (Å²) in [5, 5.41) is 5.04. The molecule has 4 rings (SSSR count). The minimum absolute atomic E-state index is 0.0895. The van der Waals surface area contributed by atoms with Gasteiger partial charge >= 0.3 is 0 Å². The Bertz CT molecular complexity index is 1220. The quantitative estimate of drug-likeness (QED) is 0.569. The molecule has 2 amide bonds. The fourth-order valence-corrected chi connectivity index (χ4v) is 4.87. The van der Waals surface area contributed by atoms with Crippen LogP contribution < -0.4 is 5.32 Å². The van der Waals surface area contributed by atoms with Crippen LogP contribution in [-0.4, -0.2) is 63.2 Å². The van der Waals surface area contributed by atoms with Gasteiger partial charge in [-0.15, -0.1) is 11.3 Å². The first-order valence-electron chi connectivity index (χ1n) is 11.2. The van der Waals surface area contributed by atoms with Crippen LogP contribution in [0.3, 0.4) is 0 Å². The number of halogens is 1. The third-order valence-corrected chi connectivity index (χ3v) is 6.75. The summed E-state index contributed by atoms with van der Waals surface area (Å²) in [7, 11) is 1.81. The van der Waals surface area contributed by atoms with Crippen molar-refractivity contribution in [2.75, 3.05) is 32.0 Å². The van der Waals surface area contributed by atoms with Gasteiger partial charge in [0.1, 0.15) is 5.82 Å². The second-order valence-corrected chi connectivity index (χ2v) is 10.8. The van der Waals surface area contributed by atoms with Crippen LogP contribution in [0.25, 0.3) is 10.2 Å². The monoisotopic (exact) mass is 484 g/mol. The minimum atomic E-state index is -0.429. The molecule has 1 atom stereocenters. The number of rotatable bonds is 6. The Hall–Kier alpha value is -3.14. The number of thiophene rings is 1. The van der Waals surface area contributed by atoms with Gasteiger partial charge in [0.2, 0.25) is 11.9 Å². The molecule has 1 unspecified atom stereocenters. The molecule has 0 radical (unpaired) electrons. The molecule has 1 saturated heterocycles. The van der Waals surface area contributed by atoms with Gasteiger partial charge in [0, 0.05) is 44.2 Å². The van der Waals surface area contributed by atoms with E-state index in [1.54, 1.807) is 16.0 Å². The zero-order valence-electron chi connectivity index (χ0n) is 20.0. The lowest BCUT2D eigenvalue weighted by Crippen LogP contribution is -2.54. The van der Waals surface area contributed by atoms with Crippen molar-refractivity contribution in [3.05, 3.63) is 47.0 Å². The fourth-order valence-electron chi connectivity index (χ4n) is 4.06. The second-order valence-electron chi connectivity index (χ2n) is 9.85. The molecule has 4 heterocycles. The number of pyridine rings is 1. The van der Waals surface area contributed by atoms with Crippen LogP contribution >= 0.6 is 11.3 Å². The summed E-state index contributed by atoms with van der Waals surface area (Å²) in [6.07, 6.45) is 2.73. The largest absolute Gasteiger partial charge is 0.348 e. The van der Waals surface area contributed by atoms with Crippen molar-refractivity contribution in [2.45, 2.75) is 33.7 Å². The minimum Gasteiger partial charge on any atom is -0.348 e. The highest BCUT2D eigenvalue weighted by Gasteiger charge is 2.36. The van der Waals surface area contributed by atoms with Gasteiger partial charge in [0.25, 0.3) is 5.91 Å². The first kappa shape index (κ1) is 24.0. The van der Waals surface area contributed by atoms with Crippen LogP contribution in [0.5, 0.6) is 0 Å². The Morgan fingerprint density at radius 3 is 2.71 bits per heavy atom. The Labute approximate surface area is 202 Å². The van der Waals surface area contributed by atoms with E-state index in [-0.39, 0.29) is 23.8 Å². The predicted octanol–water partition coefficient (Wildman–Crippen LogP) is 3.98. The number of carbonyl (C=O) groups excluding carboxylic acids is 2. The number of hydrogen-bond acceptors (Lipinski definition) is 7. The van der Waals surface area contributed by atoms with Crippen molar-refractivity contribution < 1.29 is 14.0 Å². The summed E-state index contributed by atoms with van der Waals surface area (Å²) in [5.74, 6) is 0.0572. The molecule has 1 N–H and O–H groups in total. The lowest BCUT2D eigenvalue weighted by molar-refractivity contribution is -0.139. The molecule has 0 bridgehead atoms. The van der Waals surface area contributed by atoms with E-state index in [2.05, 4.69) is 20.3 Å². The summed E-state index contributed by atoms with van der Waals surface area (Å²) in [4.78, 5) is 42.2. The van der Waals surface area contributed by atoms with Crippen LogP contribution in [0, 0.1) is 17.2 Å². The van der Waals surface area contributed by atoms with E-state index in [1.165, 1.54) is 17.4 Å². The molecule has 180 valence electrons. The molecular formula is C24H29FN6O2S. The van der Waals surface area contributed by atoms with Gasteiger partial charge in [-0.2, -0.15) is 0 Å². The van der Waals surface area contributed by atoms with Crippen molar-refractivity contribution >= 4 is 39.3 Å². The maximum atomic E-state index is 13.6. The third-order valence-electron chi connectivity index (χ3n) is 5.84. The zero-order valence-corrected chi connectivity index (χ0v) is 20.8. The highest BCUT2D eigenvalue weighted by Crippen LogP contribution is 2.29. The van der Waals surface area contributed by atoms with Crippen molar-refractivity contribution in [1.29, 1.82) is 0 Å². The molecule has 3 aromatic heterocycles. The zero-order chi connectivity index (χ0) is 24.6. The predicted molar refractivity (Wildman–Crippen MR) is 130 cm³/mol. The molecule has 1 aliphatic heterocycles. The Morgan fingerprint density at radius 1 is 1.29 bits per heavy atom. The van der Waals surface area contributed by atoms with Crippen molar-refractivity contribution in [3.63, 3.8) is 0 Å². The Kier molecular flexibility index (Phi) is 6.53. The smallest absolute Gasteiger partial charge is 0.274 e. The molecule has 1 fully saturated rings. The average Bonchev–Trinajstić information content (AvgIpc) is 3.22. The van der Waals surface area contributed by atoms with Crippen LogP contribution in [0.4, 0.5) is 10.3 Å². The summed E-state index contributed by atoms with van der Waals surface area (Å²) in [6.45, 7) is 9.33. The summed E-state index contributed by atoms with van der Waals surface area (Å²) >= 11 is 1.43. The molecule has 10 heteroatoms. The van der Waals surface area contributed by atoms with Crippen molar-refractivity contribution in [3.8, 4) is 0 Å². The molecular weight excluding hydrogens is 455 g/mol. The number of nitrogens with zero attached hydrogens (tertiary/aromatic N) is 5. The number of hydrogen-bond donors (Lipinski definition) is 1. The van der Waals surface area contributed by atoms with Gasteiger partial charge < -0.3 is 15.1 Å². The summed E-state index contributed by atoms with van der Waals surface area (Å²) < 4.78 is 14.3.